The van der Waals surface area contributed by atoms with Crippen molar-refractivity contribution >= 4 is 10.2 Å². The summed E-state index contributed by atoms with van der Waals surface area (Å²) in [4.78, 5) is 0. The van der Waals surface area contributed by atoms with Crippen molar-refractivity contribution in [2.24, 2.45) is 0 Å². The summed E-state index contributed by atoms with van der Waals surface area (Å²) in [5.74, 6) is 0. The first-order chi connectivity index (χ1) is 5.12. The predicted molar refractivity (Wildman–Crippen MR) is 40.3 cm³/mol. The minimum Gasteiger partial charge on any atom is -0.315 e. The third-order valence-corrected chi connectivity index (χ3v) is 3.42. The third kappa shape index (κ3) is 1.26. The molecule has 2 rings (SSSR count). The van der Waals surface area contributed by atoms with Gasteiger partial charge in [-0.05, 0) is 13.0 Å². The Labute approximate surface area is 65.7 Å². The van der Waals surface area contributed by atoms with Gasteiger partial charge in [0.25, 0.3) is 10.2 Å². The van der Waals surface area contributed by atoms with Gasteiger partial charge in [0.1, 0.15) is 0 Å². The Morgan fingerprint density at radius 3 is 2.55 bits per heavy atom. The van der Waals surface area contributed by atoms with Gasteiger partial charge in [0.15, 0.2) is 0 Å². The van der Waals surface area contributed by atoms with E-state index in [-0.39, 0.29) is 5.54 Å². The van der Waals surface area contributed by atoms with Crippen molar-refractivity contribution in [3.8, 4) is 0 Å². The van der Waals surface area contributed by atoms with Crippen LogP contribution in [0, 0.1) is 0 Å². The molecule has 5 nitrogen and oxygen atoms in total. The molecule has 0 aliphatic carbocycles. The summed E-state index contributed by atoms with van der Waals surface area (Å²) >= 11 is 0. The molecule has 1 unspecified atom stereocenters. The predicted octanol–water partition coefficient (Wildman–Crippen LogP) is -1.84. The first kappa shape index (κ1) is 7.48. The topological polar surface area (TPSA) is 70.2 Å². The normalized spacial score (nSPS) is 41.8. The van der Waals surface area contributed by atoms with E-state index in [1.165, 1.54) is 0 Å². The van der Waals surface area contributed by atoms with Crippen LogP contribution < -0.4 is 14.8 Å². The molecule has 64 valence electrons. The zero-order valence-electron chi connectivity index (χ0n) is 6.05. The number of hydrogen-bond donors (Lipinski definition) is 3. The first-order valence-corrected chi connectivity index (χ1v) is 5.10. The lowest BCUT2D eigenvalue weighted by Crippen LogP contribution is -2.45. The minimum absolute atomic E-state index is 0.237. The van der Waals surface area contributed by atoms with Crippen LogP contribution in [0.2, 0.25) is 0 Å². The third-order valence-electron chi connectivity index (χ3n) is 2.20. The van der Waals surface area contributed by atoms with Crippen molar-refractivity contribution in [2.75, 3.05) is 19.6 Å². The Morgan fingerprint density at radius 1 is 1.27 bits per heavy atom. The Balaban J connectivity index is 2.20. The summed E-state index contributed by atoms with van der Waals surface area (Å²) in [5.41, 5.74) is -0.237. The molecule has 0 aromatic heterocycles. The van der Waals surface area contributed by atoms with E-state index < -0.39 is 10.2 Å². The molecule has 2 saturated heterocycles. The van der Waals surface area contributed by atoms with Gasteiger partial charge >= 0.3 is 0 Å². The largest absolute Gasteiger partial charge is 0.315 e. The molecule has 2 heterocycles. The molecule has 2 fully saturated rings. The molecular weight excluding hydrogens is 166 g/mol. The molecule has 2 aliphatic rings. The van der Waals surface area contributed by atoms with Gasteiger partial charge in [-0.3, -0.25) is 0 Å². The summed E-state index contributed by atoms with van der Waals surface area (Å²) in [6.45, 7) is 2.14. The Morgan fingerprint density at radius 2 is 2.09 bits per heavy atom. The highest BCUT2D eigenvalue weighted by Gasteiger charge is 2.43. The van der Waals surface area contributed by atoms with Gasteiger partial charge in [-0.25, -0.2) is 4.72 Å². The van der Waals surface area contributed by atoms with Crippen LogP contribution in [0.1, 0.15) is 6.42 Å². The van der Waals surface area contributed by atoms with Crippen LogP contribution in [-0.4, -0.2) is 33.6 Å². The van der Waals surface area contributed by atoms with Crippen molar-refractivity contribution in [1.29, 1.82) is 0 Å². The van der Waals surface area contributed by atoms with Crippen LogP contribution in [0.25, 0.3) is 0 Å². The van der Waals surface area contributed by atoms with Crippen LogP contribution in [0.3, 0.4) is 0 Å². The molecule has 0 amide bonds. The second kappa shape index (κ2) is 2.16. The van der Waals surface area contributed by atoms with E-state index in [2.05, 4.69) is 14.8 Å². The molecule has 3 N–H and O–H groups in total. The quantitative estimate of drug-likeness (QED) is 0.407. The molecular formula is C5H11N3O2S. The van der Waals surface area contributed by atoms with Crippen LogP contribution in [-0.2, 0) is 10.2 Å². The molecule has 0 radical (unpaired) electrons. The molecule has 11 heavy (non-hydrogen) atoms. The molecule has 0 bridgehead atoms. The number of nitrogens with one attached hydrogen (secondary N) is 3. The standard InChI is InChI=1S/C5H11N3O2S/c9-11(10)7-4-5(8-11)1-2-6-3-5/h6-8H,1-4H2. The average molecular weight is 177 g/mol. The van der Waals surface area contributed by atoms with E-state index in [4.69, 9.17) is 0 Å². The molecule has 1 spiro atoms. The average Bonchev–Trinajstić information content (AvgIpc) is 2.43. The van der Waals surface area contributed by atoms with E-state index in [1.807, 2.05) is 0 Å². The Bertz CT molecular complexity index is 255. The van der Waals surface area contributed by atoms with Gasteiger partial charge in [-0.2, -0.15) is 13.1 Å². The monoisotopic (exact) mass is 177 g/mol. The minimum atomic E-state index is -3.18. The maximum atomic E-state index is 10.9. The lowest BCUT2D eigenvalue weighted by molar-refractivity contribution is 0.454. The van der Waals surface area contributed by atoms with Crippen LogP contribution in [0.4, 0.5) is 0 Å². The molecule has 6 heteroatoms. The zero-order valence-corrected chi connectivity index (χ0v) is 6.87. The van der Waals surface area contributed by atoms with Crippen molar-refractivity contribution in [1.82, 2.24) is 14.8 Å². The smallest absolute Gasteiger partial charge is 0.277 e. The van der Waals surface area contributed by atoms with E-state index in [0.29, 0.717) is 6.54 Å². The number of rotatable bonds is 0. The summed E-state index contributed by atoms with van der Waals surface area (Å²) in [7, 11) is -3.18. The fourth-order valence-electron chi connectivity index (χ4n) is 1.57. The van der Waals surface area contributed by atoms with Gasteiger partial charge in [0.2, 0.25) is 0 Å². The fraction of sp³-hybridized carbons (Fsp3) is 1.00. The highest BCUT2D eigenvalue weighted by atomic mass is 32.2. The molecule has 0 aromatic rings. The highest BCUT2D eigenvalue weighted by Crippen LogP contribution is 2.18. The summed E-state index contributed by atoms with van der Waals surface area (Å²) < 4.78 is 26.9. The van der Waals surface area contributed by atoms with E-state index >= 15 is 0 Å². The van der Waals surface area contributed by atoms with Gasteiger partial charge < -0.3 is 5.32 Å². The lowest BCUT2D eigenvalue weighted by atomic mass is 10.0. The second-order valence-electron chi connectivity index (χ2n) is 3.13. The van der Waals surface area contributed by atoms with Gasteiger partial charge in [0.05, 0.1) is 5.54 Å². The Hall–Kier alpha value is -0.170. The fourth-order valence-corrected chi connectivity index (χ4v) is 2.93. The maximum Gasteiger partial charge on any atom is 0.277 e. The van der Waals surface area contributed by atoms with Crippen LogP contribution in [0.5, 0.6) is 0 Å². The number of hydrogen-bond acceptors (Lipinski definition) is 3. The van der Waals surface area contributed by atoms with Crippen LogP contribution >= 0.6 is 0 Å². The van der Waals surface area contributed by atoms with Crippen molar-refractivity contribution in [3.05, 3.63) is 0 Å². The van der Waals surface area contributed by atoms with Gasteiger partial charge in [0, 0.05) is 13.1 Å². The van der Waals surface area contributed by atoms with Crippen molar-refractivity contribution in [2.45, 2.75) is 12.0 Å². The van der Waals surface area contributed by atoms with Gasteiger partial charge in [-0.15, -0.1) is 0 Å². The SMILES string of the molecule is O=S1(=O)NCC2(CCNC2)N1. The Kier molecular flexibility index (Phi) is 1.47. The zero-order chi connectivity index (χ0) is 7.95. The van der Waals surface area contributed by atoms with E-state index in [9.17, 15) is 8.42 Å². The summed E-state index contributed by atoms with van der Waals surface area (Å²) in [6, 6.07) is 0. The maximum absolute atomic E-state index is 10.9. The molecule has 0 aromatic carbocycles. The van der Waals surface area contributed by atoms with E-state index in [0.717, 1.165) is 19.5 Å². The summed E-state index contributed by atoms with van der Waals surface area (Å²) in [5, 5.41) is 3.13. The highest BCUT2D eigenvalue weighted by molar-refractivity contribution is 7.87. The van der Waals surface area contributed by atoms with Gasteiger partial charge in [-0.1, -0.05) is 0 Å². The van der Waals surface area contributed by atoms with Crippen LogP contribution in [0.15, 0.2) is 0 Å². The van der Waals surface area contributed by atoms with Crippen molar-refractivity contribution < 1.29 is 8.42 Å². The lowest BCUT2D eigenvalue weighted by Gasteiger charge is -2.17. The molecule has 2 aliphatic heterocycles. The molecule has 0 saturated carbocycles. The molecule has 1 atom stereocenters. The van der Waals surface area contributed by atoms with Crippen molar-refractivity contribution in [3.63, 3.8) is 0 Å². The van der Waals surface area contributed by atoms with E-state index in [1.54, 1.807) is 0 Å². The summed E-state index contributed by atoms with van der Waals surface area (Å²) in [6.07, 6.45) is 0.874. The first-order valence-electron chi connectivity index (χ1n) is 3.61. The second-order valence-corrected chi connectivity index (χ2v) is 4.63.